The van der Waals surface area contributed by atoms with Crippen LogP contribution in [-0.2, 0) is 6.61 Å². The van der Waals surface area contributed by atoms with Crippen molar-refractivity contribution in [2.45, 2.75) is 6.61 Å². The van der Waals surface area contributed by atoms with Crippen LogP contribution in [0.1, 0.15) is 11.4 Å². The molecular weight excluding hydrogens is 280 g/mol. The van der Waals surface area contributed by atoms with Crippen LogP contribution in [0.25, 0.3) is 5.69 Å². The van der Waals surface area contributed by atoms with E-state index >= 15 is 0 Å². The van der Waals surface area contributed by atoms with Gasteiger partial charge in [0.15, 0.2) is 0 Å². The summed E-state index contributed by atoms with van der Waals surface area (Å²) in [5, 5.41) is 1.57. The highest BCUT2D eigenvalue weighted by molar-refractivity contribution is 7.79. The minimum Gasteiger partial charge on any atom is -0.489 e. The van der Waals surface area contributed by atoms with Gasteiger partial charge in [-0.2, -0.15) is 0 Å². The number of rotatable bonds is 5. The van der Waals surface area contributed by atoms with Gasteiger partial charge in [0.25, 0.3) is 0 Å². The van der Waals surface area contributed by atoms with E-state index in [4.69, 9.17) is 17.0 Å². The Hall–Kier alpha value is -2.46. The van der Waals surface area contributed by atoms with Crippen LogP contribution >= 0.6 is 12.2 Å². The Balaban J connectivity index is 1.79. The molecule has 0 aliphatic heterocycles. The topological polar surface area (TPSA) is 27.1 Å². The third-order valence-corrected chi connectivity index (χ3v) is 3.33. The summed E-state index contributed by atoms with van der Waals surface area (Å²) in [5.74, 6) is 1.56. The average molecular weight is 294 g/mol. The number of aromatic nitrogens is 2. The molecule has 0 saturated carbocycles. The smallest absolute Gasteiger partial charge is 0.147 e. The van der Waals surface area contributed by atoms with Gasteiger partial charge in [-0.3, -0.25) is 4.57 Å². The first-order valence-corrected chi connectivity index (χ1v) is 7.09. The van der Waals surface area contributed by atoms with E-state index in [2.05, 4.69) is 4.98 Å². The normalized spacial score (nSPS) is 10.3. The van der Waals surface area contributed by atoms with Crippen molar-refractivity contribution in [1.29, 1.82) is 0 Å². The Morgan fingerprint density at radius 1 is 1.10 bits per heavy atom. The van der Waals surface area contributed by atoms with Crippen LogP contribution in [0.5, 0.6) is 5.75 Å². The number of nitrogens with zero attached hydrogens (tertiary/aromatic N) is 2. The summed E-state index contributed by atoms with van der Waals surface area (Å²) in [6, 6.07) is 18.0. The SMILES string of the molecule is S=Cc1nccn1-c1cccc(OCc2ccccc2)c1. The Labute approximate surface area is 128 Å². The minimum atomic E-state index is 0.550. The molecule has 0 unspecified atom stereocenters. The molecule has 0 spiro atoms. The lowest BCUT2D eigenvalue weighted by molar-refractivity contribution is 0.306. The van der Waals surface area contributed by atoms with Gasteiger partial charge in [0, 0.05) is 23.8 Å². The summed E-state index contributed by atoms with van der Waals surface area (Å²) in [6.07, 6.45) is 3.62. The third-order valence-electron chi connectivity index (χ3n) is 3.12. The maximum absolute atomic E-state index is 5.83. The number of ether oxygens (including phenoxy) is 1. The van der Waals surface area contributed by atoms with Crippen molar-refractivity contribution >= 4 is 17.6 Å². The molecule has 1 aromatic heterocycles. The molecule has 0 N–H and O–H groups in total. The van der Waals surface area contributed by atoms with E-state index in [9.17, 15) is 0 Å². The summed E-state index contributed by atoms with van der Waals surface area (Å²) in [6.45, 7) is 0.550. The maximum atomic E-state index is 5.83. The van der Waals surface area contributed by atoms with Gasteiger partial charge in [-0.05, 0) is 17.7 Å². The maximum Gasteiger partial charge on any atom is 0.147 e. The first-order valence-electron chi connectivity index (χ1n) is 6.62. The Morgan fingerprint density at radius 2 is 1.95 bits per heavy atom. The second-order valence-electron chi connectivity index (χ2n) is 4.54. The Morgan fingerprint density at radius 3 is 2.76 bits per heavy atom. The van der Waals surface area contributed by atoms with Gasteiger partial charge in [0.2, 0.25) is 0 Å². The molecule has 4 heteroatoms. The highest BCUT2D eigenvalue weighted by Crippen LogP contribution is 2.19. The molecule has 0 fully saturated rings. The molecule has 0 radical (unpaired) electrons. The molecule has 0 bridgehead atoms. The van der Waals surface area contributed by atoms with Gasteiger partial charge in [0.05, 0.1) is 5.69 Å². The summed E-state index contributed by atoms with van der Waals surface area (Å²) >= 11 is 4.97. The highest BCUT2D eigenvalue weighted by Gasteiger charge is 2.03. The van der Waals surface area contributed by atoms with Crippen LogP contribution in [0.15, 0.2) is 67.0 Å². The van der Waals surface area contributed by atoms with E-state index in [1.807, 2.05) is 65.4 Å². The van der Waals surface area contributed by atoms with Crippen molar-refractivity contribution in [2.24, 2.45) is 0 Å². The first kappa shape index (κ1) is 13.5. The lowest BCUT2D eigenvalue weighted by Gasteiger charge is -2.09. The van der Waals surface area contributed by atoms with E-state index in [0.29, 0.717) is 6.61 Å². The zero-order valence-electron chi connectivity index (χ0n) is 11.3. The molecule has 21 heavy (non-hydrogen) atoms. The fourth-order valence-electron chi connectivity index (χ4n) is 2.08. The first-order chi connectivity index (χ1) is 10.4. The van der Waals surface area contributed by atoms with Gasteiger partial charge in [0.1, 0.15) is 18.2 Å². The largest absolute Gasteiger partial charge is 0.489 e. The quantitative estimate of drug-likeness (QED) is 0.670. The minimum absolute atomic E-state index is 0.550. The van der Waals surface area contributed by atoms with Crippen molar-refractivity contribution in [2.75, 3.05) is 0 Å². The number of hydrogen-bond donors (Lipinski definition) is 0. The van der Waals surface area contributed by atoms with Gasteiger partial charge >= 0.3 is 0 Å². The van der Waals surface area contributed by atoms with E-state index in [1.54, 1.807) is 11.6 Å². The predicted molar refractivity (Wildman–Crippen MR) is 87.1 cm³/mol. The zero-order valence-corrected chi connectivity index (χ0v) is 12.2. The average Bonchev–Trinajstić information content (AvgIpc) is 3.03. The van der Waals surface area contributed by atoms with Crippen LogP contribution in [-0.4, -0.2) is 14.9 Å². The molecule has 0 aliphatic carbocycles. The molecule has 0 aliphatic rings. The van der Waals surface area contributed by atoms with Crippen molar-refractivity contribution < 1.29 is 4.74 Å². The van der Waals surface area contributed by atoms with Gasteiger partial charge in [-0.25, -0.2) is 4.98 Å². The van der Waals surface area contributed by atoms with E-state index < -0.39 is 0 Å². The monoisotopic (exact) mass is 294 g/mol. The van der Waals surface area contributed by atoms with Gasteiger partial charge in [-0.15, -0.1) is 0 Å². The molecule has 3 aromatic rings. The van der Waals surface area contributed by atoms with E-state index in [0.717, 1.165) is 22.8 Å². The van der Waals surface area contributed by atoms with Crippen LogP contribution in [0.2, 0.25) is 0 Å². The van der Waals surface area contributed by atoms with E-state index in [1.165, 1.54) is 0 Å². The zero-order chi connectivity index (χ0) is 14.5. The number of thiocarbonyl (C=S) groups is 1. The standard InChI is InChI=1S/C17H14N2OS/c21-13-17-18-9-10-19(17)15-7-4-8-16(11-15)20-12-14-5-2-1-3-6-14/h1-11,13H,12H2. The highest BCUT2D eigenvalue weighted by atomic mass is 32.1. The van der Waals surface area contributed by atoms with E-state index in [-0.39, 0.29) is 0 Å². The van der Waals surface area contributed by atoms with Crippen LogP contribution in [0, 0.1) is 0 Å². The lowest BCUT2D eigenvalue weighted by atomic mass is 10.2. The van der Waals surface area contributed by atoms with Gasteiger partial charge in [-0.1, -0.05) is 48.6 Å². The molecule has 1 heterocycles. The Kier molecular flexibility index (Phi) is 4.07. The summed E-state index contributed by atoms with van der Waals surface area (Å²) in [4.78, 5) is 4.20. The van der Waals surface area contributed by atoms with Crippen LogP contribution in [0.3, 0.4) is 0 Å². The summed E-state index contributed by atoms with van der Waals surface area (Å²) in [5.41, 5.74) is 2.12. The number of hydrogen-bond acceptors (Lipinski definition) is 3. The third kappa shape index (κ3) is 3.17. The van der Waals surface area contributed by atoms with Crippen LogP contribution in [0.4, 0.5) is 0 Å². The van der Waals surface area contributed by atoms with Crippen molar-refractivity contribution in [3.8, 4) is 11.4 Å². The molecule has 2 aromatic carbocycles. The summed E-state index contributed by atoms with van der Waals surface area (Å²) < 4.78 is 7.77. The molecule has 0 amide bonds. The van der Waals surface area contributed by atoms with Crippen molar-refractivity contribution in [1.82, 2.24) is 9.55 Å². The van der Waals surface area contributed by atoms with Crippen LogP contribution < -0.4 is 4.74 Å². The molecule has 3 rings (SSSR count). The fourth-order valence-corrected chi connectivity index (χ4v) is 2.26. The predicted octanol–water partition coefficient (Wildman–Crippen LogP) is 3.80. The summed E-state index contributed by atoms with van der Waals surface area (Å²) in [7, 11) is 0. The molecule has 0 saturated heterocycles. The second-order valence-corrected chi connectivity index (χ2v) is 4.78. The number of benzene rings is 2. The Bertz CT molecular complexity index is 737. The fraction of sp³-hybridized carbons (Fsp3) is 0.0588. The number of imidazole rings is 1. The van der Waals surface area contributed by atoms with Crippen molar-refractivity contribution in [3.05, 3.63) is 78.4 Å². The molecule has 3 nitrogen and oxygen atoms in total. The molecule has 0 atom stereocenters. The lowest BCUT2D eigenvalue weighted by Crippen LogP contribution is -2.00. The molecule has 104 valence electrons. The van der Waals surface area contributed by atoms with Crippen molar-refractivity contribution in [3.63, 3.8) is 0 Å². The van der Waals surface area contributed by atoms with Gasteiger partial charge < -0.3 is 4.74 Å². The second kappa shape index (κ2) is 6.33. The molecular formula is C17H14N2OS.